The van der Waals surface area contributed by atoms with E-state index < -0.39 is 0 Å². The van der Waals surface area contributed by atoms with Crippen molar-refractivity contribution in [3.05, 3.63) is 18.0 Å². The summed E-state index contributed by atoms with van der Waals surface area (Å²) in [4.78, 5) is 0. The molecule has 2 N–H and O–H groups in total. The summed E-state index contributed by atoms with van der Waals surface area (Å²) in [5, 5.41) is 4.22. The highest BCUT2D eigenvalue weighted by Gasteiger charge is 2.49. The average molecular weight is 193 g/mol. The van der Waals surface area contributed by atoms with Crippen LogP contribution in [-0.2, 0) is 7.05 Å². The normalized spacial score (nSPS) is 36.9. The fourth-order valence-corrected chi connectivity index (χ4v) is 2.54. The summed E-state index contributed by atoms with van der Waals surface area (Å²) in [5.74, 6) is 0.608. The van der Waals surface area contributed by atoms with Crippen LogP contribution in [0.4, 0.5) is 0 Å². The van der Waals surface area contributed by atoms with Crippen LogP contribution in [0.25, 0.3) is 0 Å². The Bertz CT molecular complexity index is 331. The van der Waals surface area contributed by atoms with E-state index in [1.807, 2.05) is 17.9 Å². The Balaban J connectivity index is 2.22. The molecule has 3 nitrogen and oxygen atoms in total. The monoisotopic (exact) mass is 193 g/mol. The second-order valence-electron chi connectivity index (χ2n) is 4.70. The molecule has 0 spiro atoms. The predicted molar refractivity (Wildman–Crippen MR) is 56.9 cm³/mol. The zero-order chi connectivity index (χ0) is 10.3. The van der Waals surface area contributed by atoms with E-state index in [4.69, 9.17) is 5.73 Å². The molecule has 1 aliphatic carbocycles. The fourth-order valence-electron chi connectivity index (χ4n) is 2.54. The van der Waals surface area contributed by atoms with E-state index in [0.717, 1.165) is 12.8 Å². The third-order valence-corrected chi connectivity index (χ3v) is 4.02. The number of aromatic nitrogens is 2. The maximum absolute atomic E-state index is 6.07. The molecular formula is C11H19N3. The Hall–Kier alpha value is -0.830. The van der Waals surface area contributed by atoms with Gasteiger partial charge in [-0.05, 0) is 29.7 Å². The van der Waals surface area contributed by atoms with Crippen molar-refractivity contribution >= 4 is 0 Å². The van der Waals surface area contributed by atoms with Gasteiger partial charge in [-0.25, -0.2) is 0 Å². The lowest BCUT2D eigenvalue weighted by molar-refractivity contribution is 0.0705. The molecule has 1 fully saturated rings. The number of aryl methyl sites for hydroxylation is 1. The first-order valence-corrected chi connectivity index (χ1v) is 5.32. The molecule has 1 heterocycles. The van der Waals surface area contributed by atoms with Crippen LogP contribution in [0.2, 0.25) is 0 Å². The van der Waals surface area contributed by atoms with Crippen LogP contribution in [0.3, 0.4) is 0 Å². The lowest BCUT2D eigenvalue weighted by Crippen LogP contribution is -2.54. The number of rotatable bonds is 2. The Morgan fingerprint density at radius 3 is 2.86 bits per heavy atom. The molecule has 2 rings (SSSR count). The average Bonchev–Trinajstić information content (AvgIpc) is 2.59. The Kier molecular flexibility index (Phi) is 2.14. The van der Waals surface area contributed by atoms with Crippen LogP contribution < -0.4 is 5.73 Å². The van der Waals surface area contributed by atoms with Crippen LogP contribution in [0.1, 0.15) is 38.2 Å². The maximum atomic E-state index is 6.07. The molecule has 3 heteroatoms. The molecule has 1 aromatic heterocycles. The Morgan fingerprint density at radius 1 is 1.71 bits per heavy atom. The highest BCUT2D eigenvalue weighted by atomic mass is 15.2. The minimum atomic E-state index is 0.281. The van der Waals surface area contributed by atoms with Crippen molar-refractivity contribution in [3.8, 4) is 0 Å². The van der Waals surface area contributed by atoms with Crippen molar-refractivity contribution in [1.29, 1.82) is 0 Å². The van der Waals surface area contributed by atoms with Crippen LogP contribution in [0.15, 0.2) is 12.4 Å². The van der Waals surface area contributed by atoms with E-state index in [9.17, 15) is 0 Å². The van der Waals surface area contributed by atoms with Gasteiger partial charge in [0.25, 0.3) is 0 Å². The molecule has 14 heavy (non-hydrogen) atoms. The van der Waals surface area contributed by atoms with Crippen molar-refractivity contribution in [2.45, 2.75) is 38.6 Å². The van der Waals surface area contributed by atoms with Gasteiger partial charge in [0, 0.05) is 19.3 Å². The van der Waals surface area contributed by atoms with Gasteiger partial charge in [0.2, 0.25) is 0 Å². The summed E-state index contributed by atoms with van der Waals surface area (Å²) in [6.45, 7) is 4.52. The van der Waals surface area contributed by atoms with Crippen molar-refractivity contribution < 1.29 is 0 Å². The summed E-state index contributed by atoms with van der Waals surface area (Å²) in [7, 11) is 1.96. The third-order valence-electron chi connectivity index (χ3n) is 4.02. The topological polar surface area (TPSA) is 43.8 Å². The van der Waals surface area contributed by atoms with Crippen LogP contribution >= 0.6 is 0 Å². The van der Waals surface area contributed by atoms with Crippen molar-refractivity contribution in [1.82, 2.24) is 9.78 Å². The van der Waals surface area contributed by atoms with Gasteiger partial charge >= 0.3 is 0 Å². The molecule has 1 aromatic rings. The molecular weight excluding hydrogens is 174 g/mol. The minimum Gasteiger partial charge on any atom is -0.327 e. The van der Waals surface area contributed by atoms with E-state index in [1.165, 1.54) is 5.56 Å². The van der Waals surface area contributed by atoms with E-state index in [2.05, 4.69) is 25.1 Å². The first-order chi connectivity index (χ1) is 6.58. The third kappa shape index (κ3) is 1.19. The van der Waals surface area contributed by atoms with E-state index in [1.54, 1.807) is 0 Å². The van der Waals surface area contributed by atoms with Gasteiger partial charge in [-0.3, -0.25) is 4.68 Å². The van der Waals surface area contributed by atoms with Crippen LogP contribution in [0.5, 0.6) is 0 Å². The smallest absolute Gasteiger partial charge is 0.0524 e. The lowest BCUT2D eigenvalue weighted by atomic mass is 9.55. The van der Waals surface area contributed by atoms with E-state index in [-0.39, 0.29) is 5.41 Å². The molecule has 1 aliphatic rings. The highest BCUT2D eigenvalue weighted by Crippen LogP contribution is 2.53. The van der Waals surface area contributed by atoms with Crippen LogP contribution in [-0.4, -0.2) is 15.8 Å². The standard InChI is InChI=1S/C11H19N3/c1-4-11(2)9(5-10(11)12)8-6-13-14(3)7-8/h6-7,9-10H,4-5,12H2,1-3H3. The number of hydrogen-bond donors (Lipinski definition) is 1. The molecule has 1 saturated carbocycles. The number of hydrogen-bond acceptors (Lipinski definition) is 2. The summed E-state index contributed by atoms with van der Waals surface area (Å²) in [6.07, 6.45) is 6.35. The zero-order valence-corrected chi connectivity index (χ0v) is 9.20. The quantitative estimate of drug-likeness (QED) is 0.776. The number of nitrogens with zero attached hydrogens (tertiary/aromatic N) is 2. The summed E-state index contributed by atoms with van der Waals surface area (Å²) in [5.41, 5.74) is 7.70. The van der Waals surface area contributed by atoms with Crippen molar-refractivity contribution in [2.24, 2.45) is 18.2 Å². The molecule has 3 atom stereocenters. The summed E-state index contributed by atoms with van der Waals surface area (Å²) >= 11 is 0. The second-order valence-corrected chi connectivity index (χ2v) is 4.70. The van der Waals surface area contributed by atoms with Gasteiger partial charge in [-0.15, -0.1) is 0 Å². The maximum Gasteiger partial charge on any atom is 0.0524 e. The van der Waals surface area contributed by atoms with Gasteiger partial charge in [-0.2, -0.15) is 5.10 Å². The Labute approximate surface area is 85.3 Å². The first kappa shape index (κ1) is 9.71. The summed E-state index contributed by atoms with van der Waals surface area (Å²) < 4.78 is 1.87. The molecule has 0 bridgehead atoms. The van der Waals surface area contributed by atoms with E-state index >= 15 is 0 Å². The minimum absolute atomic E-state index is 0.281. The molecule has 0 saturated heterocycles. The van der Waals surface area contributed by atoms with Gasteiger partial charge in [0.1, 0.15) is 0 Å². The zero-order valence-electron chi connectivity index (χ0n) is 9.20. The molecule has 0 amide bonds. The van der Waals surface area contributed by atoms with Gasteiger partial charge < -0.3 is 5.73 Å². The summed E-state index contributed by atoms with van der Waals surface area (Å²) in [6, 6.07) is 0.359. The lowest BCUT2D eigenvalue weighted by Gasteiger charge is -2.52. The van der Waals surface area contributed by atoms with Gasteiger partial charge in [0.15, 0.2) is 0 Å². The SMILES string of the molecule is CCC1(C)C(N)CC1c1cnn(C)c1. The molecule has 0 radical (unpaired) electrons. The first-order valence-electron chi connectivity index (χ1n) is 5.32. The van der Waals surface area contributed by atoms with E-state index in [0.29, 0.717) is 12.0 Å². The van der Waals surface area contributed by atoms with Crippen LogP contribution in [0, 0.1) is 5.41 Å². The predicted octanol–water partition coefficient (Wildman–Crippen LogP) is 1.65. The molecule has 0 aliphatic heterocycles. The van der Waals surface area contributed by atoms with Crippen molar-refractivity contribution in [3.63, 3.8) is 0 Å². The fraction of sp³-hybridized carbons (Fsp3) is 0.727. The van der Waals surface area contributed by atoms with Gasteiger partial charge in [-0.1, -0.05) is 13.8 Å². The van der Waals surface area contributed by atoms with Gasteiger partial charge in [0.05, 0.1) is 6.20 Å². The number of nitrogens with two attached hydrogens (primary N) is 1. The molecule has 0 aromatic carbocycles. The molecule has 3 unspecified atom stereocenters. The second kappa shape index (κ2) is 3.09. The van der Waals surface area contributed by atoms with Crippen molar-refractivity contribution in [2.75, 3.05) is 0 Å². The highest BCUT2D eigenvalue weighted by molar-refractivity contribution is 5.23. The Morgan fingerprint density at radius 2 is 2.43 bits per heavy atom. The molecule has 78 valence electrons. The largest absolute Gasteiger partial charge is 0.327 e.